The minimum Gasteiger partial charge on any atom is -0.497 e. The summed E-state index contributed by atoms with van der Waals surface area (Å²) in [5.74, 6) is 1.19. The van der Waals surface area contributed by atoms with Gasteiger partial charge in [0.2, 0.25) is 5.91 Å². The normalized spacial score (nSPS) is 23.0. The molecule has 1 aromatic carbocycles. The Morgan fingerprint density at radius 2 is 2.00 bits per heavy atom. The number of thiocarbonyl (C=S) groups is 1. The summed E-state index contributed by atoms with van der Waals surface area (Å²) in [5.41, 5.74) is 1.15. The molecule has 2 aliphatic heterocycles. The molecular formula is C20H29N3O2S. The first-order valence-electron chi connectivity index (χ1n) is 9.59. The molecule has 142 valence electrons. The van der Waals surface area contributed by atoms with Gasteiger partial charge in [0, 0.05) is 38.6 Å². The maximum atomic E-state index is 13.3. The highest BCUT2D eigenvalue weighted by molar-refractivity contribution is 7.80. The van der Waals surface area contributed by atoms with Crippen molar-refractivity contribution >= 4 is 23.2 Å². The van der Waals surface area contributed by atoms with E-state index in [-0.39, 0.29) is 17.7 Å². The van der Waals surface area contributed by atoms with E-state index in [2.05, 4.69) is 27.2 Å². The van der Waals surface area contributed by atoms with Crippen LogP contribution in [0.4, 0.5) is 0 Å². The van der Waals surface area contributed by atoms with Gasteiger partial charge in [-0.05, 0) is 56.1 Å². The average molecular weight is 376 g/mol. The third-order valence-electron chi connectivity index (χ3n) is 5.44. The monoisotopic (exact) mass is 375 g/mol. The van der Waals surface area contributed by atoms with Crippen LogP contribution in [-0.4, -0.2) is 60.7 Å². The van der Waals surface area contributed by atoms with Gasteiger partial charge in [-0.25, -0.2) is 0 Å². The van der Waals surface area contributed by atoms with Crippen molar-refractivity contribution < 1.29 is 9.53 Å². The SMILES string of the molecule is CCNC(=S)N1CC(C(=O)N2CCCCC2)C(c2cccc(OC)c2)C1. The van der Waals surface area contributed by atoms with Crippen LogP contribution >= 0.6 is 12.2 Å². The quantitative estimate of drug-likeness (QED) is 0.820. The van der Waals surface area contributed by atoms with Crippen molar-refractivity contribution in [1.29, 1.82) is 0 Å². The highest BCUT2D eigenvalue weighted by atomic mass is 32.1. The Morgan fingerprint density at radius 1 is 1.23 bits per heavy atom. The summed E-state index contributed by atoms with van der Waals surface area (Å²) in [4.78, 5) is 17.5. The second kappa shape index (κ2) is 8.71. The highest BCUT2D eigenvalue weighted by Gasteiger charge is 2.41. The highest BCUT2D eigenvalue weighted by Crippen LogP contribution is 2.36. The van der Waals surface area contributed by atoms with Crippen molar-refractivity contribution in [1.82, 2.24) is 15.1 Å². The minimum atomic E-state index is -0.0585. The van der Waals surface area contributed by atoms with Gasteiger partial charge < -0.3 is 19.9 Å². The summed E-state index contributed by atoms with van der Waals surface area (Å²) in [5, 5.41) is 3.97. The fourth-order valence-corrected chi connectivity index (χ4v) is 4.34. The molecule has 2 saturated heterocycles. The molecule has 26 heavy (non-hydrogen) atoms. The molecule has 2 atom stereocenters. The molecule has 2 fully saturated rings. The first-order chi connectivity index (χ1) is 12.6. The van der Waals surface area contributed by atoms with Crippen LogP contribution in [0.5, 0.6) is 5.75 Å². The molecule has 1 aromatic rings. The van der Waals surface area contributed by atoms with Crippen LogP contribution in [0.1, 0.15) is 37.7 Å². The number of carbonyl (C=O) groups is 1. The van der Waals surface area contributed by atoms with Crippen LogP contribution in [0.25, 0.3) is 0 Å². The maximum Gasteiger partial charge on any atom is 0.228 e. The number of hydrogen-bond donors (Lipinski definition) is 1. The zero-order chi connectivity index (χ0) is 18.5. The van der Waals surface area contributed by atoms with E-state index in [0.717, 1.165) is 55.4 Å². The molecule has 1 N–H and O–H groups in total. The fraction of sp³-hybridized carbons (Fsp3) is 0.600. The standard InChI is InChI=1S/C20H29N3O2S/c1-3-21-20(26)23-13-17(15-8-7-9-16(12-15)25-2)18(14-23)19(24)22-10-5-4-6-11-22/h7-9,12,17-18H,3-6,10-11,13-14H2,1-2H3,(H,21,26). The molecule has 3 rings (SSSR count). The number of piperidine rings is 1. The summed E-state index contributed by atoms with van der Waals surface area (Å²) in [6.45, 7) is 6.06. The second-order valence-corrected chi connectivity index (χ2v) is 7.50. The van der Waals surface area contributed by atoms with Gasteiger partial charge in [0.05, 0.1) is 13.0 Å². The summed E-state index contributed by atoms with van der Waals surface area (Å²) in [6, 6.07) is 8.10. The molecule has 5 nitrogen and oxygen atoms in total. The lowest BCUT2D eigenvalue weighted by Gasteiger charge is -2.31. The van der Waals surface area contributed by atoms with Gasteiger partial charge in [-0.1, -0.05) is 12.1 Å². The molecular weight excluding hydrogens is 346 g/mol. The Balaban J connectivity index is 1.84. The molecule has 2 aliphatic rings. The fourth-order valence-electron chi connectivity index (χ4n) is 4.04. The smallest absolute Gasteiger partial charge is 0.228 e. The average Bonchev–Trinajstić information content (AvgIpc) is 3.14. The number of likely N-dealkylation sites (tertiary alicyclic amines) is 2. The molecule has 6 heteroatoms. The van der Waals surface area contributed by atoms with Crippen molar-refractivity contribution in [2.45, 2.75) is 32.1 Å². The Kier molecular flexibility index (Phi) is 6.35. The topological polar surface area (TPSA) is 44.8 Å². The number of rotatable bonds is 4. The van der Waals surface area contributed by atoms with Crippen LogP contribution in [0.15, 0.2) is 24.3 Å². The third-order valence-corrected chi connectivity index (χ3v) is 5.84. The molecule has 0 aliphatic carbocycles. The largest absolute Gasteiger partial charge is 0.497 e. The predicted octanol–water partition coefficient (Wildman–Crippen LogP) is 2.62. The molecule has 2 unspecified atom stereocenters. The van der Waals surface area contributed by atoms with Crippen molar-refractivity contribution in [3.63, 3.8) is 0 Å². The van der Waals surface area contributed by atoms with Gasteiger partial charge in [0.1, 0.15) is 5.75 Å². The number of ether oxygens (including phenoxy) is 1. The van der Waals surface area contributed by atoms with Gasteiger partial charge in [-0.3, -0.25) is 4.79 Å². The zero-order valence-corrected chi connectivity index (χ0v) is 16.6. The lowest BCUT2D eigenvalue weighted by molar-refractivity contribution is -0.136. The lowest BCUT2D eigenvalue weighted by atomic mass is 9.87. The predicted molar refractivity (Wildman–Crippen MR) is 108 cm³/mol. The summed E-state index contributed by atoms with van der Waals surface area (Å²) >= 11 is 5.53. The minimum absolute atomic E-state index is 0.0585. The Labute approximate surface area is 161 Å². The van der Waals surface area contributed by atoms with Crippen LogP contribution in [0.3, 0.4) is 0 Å². The van der Waals surface area contributed by atoms with E-state index < -0.39 is 0 Å². The number of hydrogen-bond acceptors (Lipinski definition) is 3. The zero-order valence-electron chi connectivity index (χ0n) is 15.7. The molecule has 1 amide bonds. The van der Waals surface area contributed by atoms with E-state index in [1.807, 2.05) is 19.1 Å². The van der Waals surface area contributed by atoms with Gasteiger partial charge >= 0.3 is 0 Å². The summed E-state index contributed by atoms with van der Waals surface area (Å²) in [7, 11) is 1.68. The number of benzene rings is 1. The van der Waals surface area contributed by atoms with Crippen LogP contribution in [0.2, 0.25) is 0 Å². The summed E-state index contributed by atoms with van der Waals surface area (Å²) in [6.07, 6.45) is 3.45. The Bertz CT molecular complexity index is 646. The van der Waals surface area contributed by atoms with E-state index in [9.17, 15) is 4.79 Å². The number of carbonyl (C=O) groups excluding carboxylic acids is 1. The van der Waals surface area contributed by atoms with Crippen molar-refractivity contribution in [3.8, 4) is 5.75 Å². The van der Waals surface area contributed by atoms with Gasteiger partial charge in [-0.2, -0.15) is 0 Å². The van der Waals surface area contributed by atoms with Gasteiger partial charge in [0.15, 0.2) is 5.11 Å². The summed E-state index contributed by atoms with van der Waals surface area (Å²) < 4.78 is 5.39. The maximum absolute atomic E-state index is 13.3. The molecule has 0 aromatic heterocycles. The van der Waals surface area contributed by atoms with E-state index >= 15 is 0 Å². The molecule has 0 spiro atoms. The number of amides is 1. The van der Waals surface area contributed by atoms with Crippen LogP contribution in [-0.2, 0) is 4.79 Å². The van der Waals surface area contributed by atoms with E-state index in [1.165, 1.54) is 6.42 Å². The molecule has 0 radical (unpaired) electrons. The second-order valence-electron chi connectivity index (χ2n) is 7.12. The number of nitrogens with zero attached hydrogens (tertiary/aromatic N) is 2. The van der Waals surface area contributed by atoms with E-state index in [0.29, 0.717) is 6.54 Å². The first-order valence-corrected chi connectivity index (χ1v) is 10.0. The molecule has 0 saturated carbocycles. The number of methoxy groups -OCH3 is 1. The van der Waals surface area contributed by atoms with Crippen molar-refractivity contribution in [3.05, 3.63) is 29.8 Å². The van der Waals surface area contributed by atoms with Crippen LogP contribution in [0, 0.1) is 5.92 Å². The third kappa shape index (κ3) is 4.11. The van der Waals surface area contributed by atoms with Crippen molar-refractivity contribution in [2.75, 3.05) is 39.8 Å². The van der Waals surface area contributed by atoms with E-state index in [4.69, 9.17) is 17.0 Å². The Hall–Kier alpha value is -1.82. The van der Waals surface area contributed by atoms with Gasteiger partial charge in [0.25, 0.3) is 0 Å². The van der Waals surface area contributed by atoms with Crippen molar-refractivity contribution in [2.24, 2.45) is 5.92 Å². The number of nitrogens with one attached hydrogen (secondary N) is 1. The van der Waals surface area contributed by atoms with Crippen LogP contribution < -0.4 is 10.1 Å². The lowest BCUT2D eigenvalue weighted by Crippen LogP contribution is -2.43. The molecule has 2 heterocycles. The first kappa shape index (κ1) is 19.0. The van der Waals surface area contributed by atoms with Gasteiger partial charge in [-0.15, -0.1) is 0 Å². The Morgan fingerprint density at radius 3 is 2.69 bits per heavy atom. The van der Waals surface area contributed by atoms with E-state index in [1.54, 1.807) is 7.11 Å². The molecule has 0 bridgehead atoms.